The largest absolute Gasteiger partial charge is 0.444 e. The molecule has 3 amide bonds. The van der Waals surface area contributed by atoms with E-state index in [9.17, 15) is 14.4 Å². The highest BCUT2D eigenvalue weighted by Gasteiger charge is 2.29. The molecule has 0 fully saturated rings. The van der Waals surface area contributed by atoms with Crippen LogP contribution < -0.4 is 16.0 Å². The summed E-state index contributed by atoms with van der Waals surface area (Å²) in [6, 6.07) is 7.61. The maximum Gasteiger partial charge on any atom is 0.408 e. The molecule has 1 aromatic carbocycles. The second-order valence-corrected chi connectivity index (χ2v) is 8.59. The van der Waals surface area contributed by atoms with E-state index < -0.39 is 35.6 Å². The number of ether oxygens (including phenoxy) is 1. The van der Waals surface area contributed by atoms with Crippen molar-refractivity contribution < 1.29 is 24.2 Å². The fourth-order valence-electron chi connectivity index (χ4n) is 2.79. The zero-order chi connectivity index (χ0) is 22.7. The fraction of sp³-hybridized carbons (Fsp3) is 0.591. The first-order chi connectivity index (χ1) is 14.0. The van der Waals surface area contributed by atoms with Gasteiger partial charge in [0.2, 0.25) is 11.8 Å². The second kappa shape index (κ2) is 12.2. The number of rotatable bonds is 10. The highest BCUT2D eigenvalue weighted by atomic mass is 16.6. The van der Waals surface area contributed by atoms with E-state index in [1.807, 2.05) is 44.2 Å². The third-order valence-corrected chi connectivity index (χ3v) is 4.04. The quantitative estimate of drug-likeness (QED) is 0.459. The summed E-state index contributed by atoms with van der Waals surface area (Å²) in [5.41, 5.74) is 0.186. The molecule has 1 aromatic rings. The van der Waals surface area contributed by atoms with Gasteiger partial charge in [0.1, 0.15) is 17.7 Å². The highest BCUT2D eigenvalue weighted by Crippen LogP contribution is 2.11. The molecular formula is C22H35N3O5. The monoisotopic (exact) mass is 421 g/mol. The Morgan fingerprint density at radius 3 is 2.17 bits per heavy atom. The normalized spacial score (nSPS) is 13.3. The molecule has 4 N–H and O–H groups in total. The molecule has 0 radical (unpaired) electrons. The lowest BCUT2D eigenvalue weighted by Gasteiger charge is -2.26. The Bertz CT molecular complexity index is 686. The molecule has 0 saturated carbocycles. The van der Waals surface area contributed by atoms with Crippen molar-refractivity contribution in [2.45, 2.75) is 65.1 Å². The van der Waals surface area contributed by atoms with Gasteiger partial charge in [0.25, 0.3) is 0 Å². The topological polar surface area (TPSA) is 117 Å². The summed E-state index contributed by atoms with van der Waals surface area (Å²) in [5.74, 6) is -0.733. The summed E-state index contributed by atoms with van der Waals surface area (Å²) in [6.07, 6.45) is -0.0147. The van der Waals surface area contributed by atoms with Crippen LogP contribution in [0.4, 0.5) is 4.79 Å². The summed E-state index contributed by atoms with van der Waals surface area (Å²) >= 11 is 0. The van der Waals surface area contributed by atoms with Crippen molar-refractivity contribution in [1.82, 2.24) is 16.0 Å². The molecule has 168 valence electrons. The van der Waals surface area contributed by atoms with Crippen LogP contribution in [-0.2, 0) is 20.7 Å². The van der Waals surface area contributed by atoms with Crippen LogP contribution in [0.3, 0.4) is 0 Å². The number of carbonyl (C=O) groups is 3. The number of benzene rings is 1. The summed E-state index contributed by atoms with van der Waals surface area (Å²) in [7, 11) is 0. The Morgan fingerprint density at radius 1 is 1.00 bits per heavy atom. The van der Waals surface area contributed by atoms with Crippen molar-refractivity contribution in [1.29, 1.82) is 0 Å². The number of amides is 3. The third-order valence-electron chi connectivity index (χ3n) is 4.04. The average molecular weight is 422 g/mol. The summed E-state index contributed by atoms with van der Waals surface area (Å²) in [4.78, 5) is 37.7. The van der Waals surface area contributed by atoms with Gasteiger partial charge in [-0.15, -0.1) is 0 Å². The molecule has 30 heavy (non-hydrogen) atoms. The average Bonchev–Trinajstić information content (AvgIpc) is 2.63. The van der Waals surface area contributed by atoms with Gasteiger partial charge < -0.3 is 25.8 Å². The van der Waals surface area contributed by atoms with Gasteiger partial charge >= 0.3 is 6.09 Å². The summed E-state index contributed by atoms with van der Waals surface area (Å²) in [6.45, 7) is 8.99. The van der Waals surface area contributed by atoms with Crippen molar-refractivity contribution in [2.75, 3.05) is 13.2 Å². The lowest BCUT2D eigenvalue weighted by molar-refractivity contribution is -0.130. The van der Waals surface area contributed by atoms with Crippen LogP contribution in [0.25, 0.3) is 0 Å². The maximum atomic E-state index is 12.9. The number of hydrogen-bond donors (Lipinski definition) is 4. The van der Waals surface area contributed by atoms with Gasteiger partial charge in [-0.05, 0) is 38.7 Å². The first-order valence-corrected chi connectivity index (χ1v) is 10.2. The summed E-state index contributed by atoms with van der Waals surface area (Å²) < 4.78 is 5.26. The molecule has 1 rings (SSSR count). The maximum absolute atomic E-state index is 12.9. The molecule has 0 aliphatic heterocycles. The number of alkyl carbamates (subject to hydrolysis) is 1. The van der Waals surface area contributed by atoms with Crippen molar-refractivity contribution in [3.63, 3.8) is 0 Å². The standard InChI is InChI=1S/C22H35N3O5/c1-15(2)13-17(25-21(29)30-22(3,4)5)20(28)24-18(19(27)23-11-12-26)14-16-9-7-6-8-10-16/h6-10,15,17-18,26H,11-14H2,1-5H3,(H,23,27)(H,24,28)(H,25,29)/t17-,18-/m0/s1. The van der Waals surface area contributed by atoms with E-state index in [1.54, 1.807) is 20.8 Å². The minimum atomic E-state index is -0.846. The number of aliphatic hydroxyl groups is 1. The van der Waals surface area contributed by atoms with E-state index in [0.29, 0.717) is 6.42 Å². The van der Waals surface area contributed by atoms with Crippen LogP contribution in [0.15, 0.2) is 30.3 Å². The predicted molar refractivity (Wildman–Crippen MR) is 115 cm³/mol. The molecule has 0 aliphatic rings. The fourth-order valence-corrected chi connectivity index (χ4v) is 2.79. The molecule has 0 spiro atoms. The summed E-state index contributed by atoms with van der Waals surface area (Å²) in [5, 5.41) is 16.9. The van der Waals surface area contributed by atoms with Crippen LogP contribution in [0, 0.1) is 5.92 Å². The van der Waals surface area contributed by atoms with E-state index in [4.69, 9.17) is 9.84 Å². The molecule has 0 saturated heterocycles. The molecule has 0 heterocycles. The van der Waals surface area contributed by atoms with Crippen LogP contribution in [0.2, 0.25) is 0 Å². The van der Waals surface area contributed by atoms with E-state index >= 15 is 0 Å². The van der Waals surface area contributed by atoms with Crippen LogP contribution >= 0.6 is 0 Å². The molecular weight excluding hydrogens is 386 g/mol. The van der Waals surface area contributed by atoms with E-state index in [1.165, 1.54) is 0 Å². The Balaban J connectivity index is 2.93. The smallest absolute Gasteiger partial charge is 0.408 e. The highest BCUT2D eigenvalue weighted by molar-refractivity contribution is 5.91. The Labute approximate surface area is 178 Å². The third kappa shape index (κ3) is 10.2. The molecule has 8 heteroatoms. The zero-order valence-corrected chi connectivity index (χ0v) is 18.5. The van der Waals surface area contributed by atoms with Crippen molar-refractivity contribution in [3.05, 3.63) is 35.9 Å². The van der Waals surface area contributed by atoms with Gasteiger partial charge in [0, 0.05) is 13.0 Å². The Hall–Kier alpha value is -2.61. The van der Waals surface area contributed by atoms with Crippen molar-refractivity contribution >= 4 is 17.9 Å². The first-order valence-electron chi connectivity index (χ1n) is 10.2. The minimum Gasteiger partial charge on any atom is -0.444 e. The molecule has 0 aromatic heterocycles. The molecule has 8 nitrogen and oxygen atoms in total. The number of hydrogen-bond acceptors (Lipinski definition) is 5. The number of aliphatic hydroxyl groups excluding tert-OH is 1. The number of nitrogens with one attached hydrogen (secondary N) is 3. The van der Waals surface area contributed by atoms with Gasteiger partial charge in [-0.25, -0.2) is 4.79 Å². The first kappa shape index (κ1) is 25.4. The van der Waals surface area contributed by atoms with E-state index in [0.717, 1.165) is 5.56 Å². The molecule has 2 atom stereocenters. The predicted octanol–water partition coefficient (Wildman–Crippen LogP) is 1.76. The minimum absolute atomic E-state index is 0.0889. The van der Waals surface area contributed by atoms with Crippen LogP contribution in [-0.4, -0.2) is 53.9 Å². The second-order valence-electron chi connectivity index (χ2n) is 8.59. The molecule has 0 aliphatic carbocycles. The molecule has 0 bridgehead atoms. The Kier molecular flexibility index (Phi) is 10.3. The van der Waals surface area contributed by atoms with Crippen molar-refractivity contribution in [2.24, 2.45) is 5.92 Å². The van der Waals surface area contributed by atoms with Gasteiger partial charge in [0.05, 0.1) is 6.61 Å². The van der Waals surface area contributed by atoms with Gasteiger partial charge in [0.15, 0.2) is 0 Å². The van der Waals surface area contributed by atoms with Gasteiger partial charge in [-0.2, -0.15) is 0 Å². The van der Waals surface area contributed by atoms with Gasteiger partial charge in [-0.3, -0.25) is 9.59 Å². The number of carbonyl (C=O) groups excluding carboxylic acids is 3. The lowest BCUT2D eigenvalue weighted by Crippen LogP contribution is -2.55. The lowest BCUT2D eigenvalue weighted by atomic mass is 10.0. The Morgan fingerprint density at radius 2 is 1.63 bits per heavy atom. The van der Waals surface area contributed by atoms with E-state index in [2.05, 4.69) is 16.0 Å². The van der Waals surface area contributed by atoms with E-state index in [-0.39, 0.29) is 25.5 Å². The van der Waals surface area contributed by atoms with Crippen LogP contribution in [0.5, 0.6) is 0 Å². The van der Waals surface area contributed by atoms with Gasteiger partial charge in [-0.1, -0.05) is 44.2 Å². The zero-order valence-electron chi connectivity index (χ0n) is 18.5. The van der Waals surface area contributed by atoms with Crippen molar-refractivity contribution in [3.8, 4) is 0 Å². The SMILES string of the molecule is CC(C)C[C@H](NC(=O)OC(C)(C)C)C(=O)N[C@@H](Cc1ccccc1)C(=O)NCCO. The van der Waals surface area contributed by atoms with Crippen LogP contribution in [0.1, 0.15) is 46.6 Å². The molecule has 0 unspecified atom stereocenters.